The number of aromatic nitrogens is 2. The normalized spacial score (nSPS) is 19.0. The van der Waals surface area contributed by atoms with Crippen molar-refractivity contribution in [2.45, 2.75) is 25.5 Å². The van der Waals surface area contributed by atoms with E-state index >= 15 is 0 Å². The Morgan fingerprint density at radius 3 is 2.72 bits per heavy atom. The number of hydrogen-bond acceptors (Lipinski definition) is 4. The van der Waals surface area contributed by atoms with Crippen LogP contribution in [-0.2, 0) is 24.8 Å². The highest BCUT2D eigenvalue weighted by Gasteiger charge is 2.24. The summed E-state index contributed by atoms with van der Waals surface area (Å²) in [6.07, 6.45) is 4.37. The molecule has 6 heteroatoms. The Labute approximate surface area is 148 Å². The second-order valence-corrected chi connectivity index (χ2v) is 6.74. The zero-order chi connectivity index (χ0) is 17.6. The molecule has 0 bridgehead atoms. The van der Waals surface area contributed by atoms with Crippen molar-refractivity contribution < 1.29 is 9.90 Å². The predicted octanol–water partition coefficient (Wildman–Crippen LogP) is 1.06. The maximum Gasteiger partial charge on any atom is 0.223 e. The highest BCUT2D eigenvalue weighted by molar-refractivity contribution is 5.76. The maximum atomic E-state index is 12.5. The SMILES string of the molecule is Cn1cc(CCC(=O)N2CCN(Cc3ccccc3)C[C@H](O)C2)cn1. The fourth-order valence-electron chi connectivity index (χ4n) is 3.28. The zero-order valence-electron chi connectivity index (χ0n) is 14.7. The summed E-state index contributed by atoms with van der Waals surface area (Å²) < 4.78 is 1.75. The van der Waals surface area contributed by atoms with Gasteiger partial charge < -0.3 is 10.0 Å². The van der Waals surface area contributed by atoms with E-state index in [1.165, 1.54) is 5.56 Å². The topological polar surface area (TPSA) is 61.6 Å². The van der Waals surface area contributed by atoms with Crippen molar-refractivity contribution in [3.05, 3.63) is 53.9 Å². The fraction of sp³-hybridized carbons (Fsp3) is 0.474. The Morgan fingerprint density at radius 2 is 2.00 bits per heavy atom. The first-order chi connectivity index (χ1) is 12.1. The summed E-state index contributed by atoms with van der Waals surface area (Å²) in [6, 6.07) is 10.2. The summed E-state index contributed by atoms with van der Waals surface area (Å²) in [4.78, 5) is 16.5. The lowest BCUT2D eigenvalue weighted by atomic mass is 10.2. The molecule has 0 saturated carbocycles. The molecule has 6 nitrogen and oxygen atoms in total. The van der Waals surface area contributed by atoms with E-state index < -0.39 is 6.10 Å². The van der Waals surface area contributed by atoms with Crippen LogP contribution in [0.2, 0.25) is 0 Å². The van der Waals surface area contributed by atoms with Crippen LogP contribution < -0.4 is 0 Å². The molecule has 0 unspecified atom stereocenters. The number of aliphatic hydroxyl groups is 1. The van der Waals surface area contributed by atoms with Gasteiger partial charge in [-0.05, 0) is 17.5 Å². The minimum Gasteiger partial charge on any atom is -0.390 e. The van der Waals surface area contributed by atoms with Crippen LogP contribution in [0.4, 0.5) is 0 Å². The lowest BCUT2D eigenvalue weighted by Crippen LogP contribution is -2.37. The Balaban J connectivity index is 1.52. The molecule has 0 spiro atoms. The summed E-state index contributed by atoms with van der Waals surface area (Å²) >= 11 is 0. The first-order valence-electron chi connectivity index (χ1n) is 8.80. The van der Waals surface area contributed by atoms with E-state index in [1.807, 2.05) is 31.4 Å². The number of carbonyl (C=O) groups is 1. The number of aliphatic hydroxyl groups excluding tert-OH is 1. The van der Waals surface area contributed by atoms with Gasteiger partial charge >= 0.3 is 0 Å². The van der Waals surface area contributed by atoms with Crippen molar-refractivity contribution >= 4 is 5.91 Å². The quantitative estimate of drug-likeness (QED) is 0.883. The van der Waals surface area contributed by atoms with Crippen LogP contribution in [0.1, 0.15) is 17.5 Å². The summed E-state index contributed by atoms with van der Waals surface area (Å²) in [5.41, 5.74) is 2.29. The van der Waals surface area contributed by atoms with Crippen molar-refractivity contribution in [2.75, 3.05) is 26.2 Å². The molecule has 2 aromatic rings. The zero-order valence-corrected chi connectivity index (χ0v) is 14.7. The van der Waals surface area contributed by atoms with Crippen LogP contribution in [0.15, 0.2) is 42.7 Å². The molecular formula is C19H26N4O2. The Hall–Kier alpha value is -2.18. The molecule has 25 heavy (non-hydrogen) atoms. The molecule has 2 heterocycles. The van der Waals surface area contributed by atoms with Gasteiger partial charge in [-0.3, -0.25) is 14.4 Å². The third-order valence-electron chi connectivity index (χ3n) is 4.57. The van der Waals surface area contributed by atoms with Gasteiger partial charge in [0, 0.05) is 52.4 Å². The van der Waals surface area contributed by atoms with E-state index in [0.29, 0.717) is 32.5 Å². The molecule has 134 valence electrons. The number of amides is 1. The van der Waals surface area contributed by atoms with Crippen molar-refractivity contribution in [3.8, 4) is 0 Å². The molecule has 1 amide bonds. The Kier molecular flexibility index (Phi) is 5.83. The standard InChI is InChI=1S/C19H26N4O2/c1-21-12-17(11-20-21)7-8-19(25)23-10-9-22(14-18(24)15-23)13-16-5-3-2-4-6-16/h2-6,11-12,18,24H,7-10,13-15H2,1H3/t18-/m0/s1. The van der Waals surface area contributed by atoms with E-state index in [2.05, 4.69) is 22.1 Å². The van der Waals surface area contributed by atoms with Gasteiger partial charge in [0.05, 0.1) is 12.3 Å². The van der Waals surface area contributed by atoms with Gasteiger partial charge in [-0.1, -0.05) is 30.3 Å². The minimum atomic E-state index is -0.506. The molecule has 1 atom stereocenters. The van der Waals surface area contributed by atoms with E-state index in [9.17, 15) is 9.90 Å². The predicted molar refractivity (Wildman–Crippen MR) is 95.8 cm³/mol. The van der Waals surface area contributed by atoms with Crippen LogP contribution in [-0.4, -0.2) is 62.9 Å². The lowest BCUT2D eigenvalue weighted by molar-refractivity contribution is -0.132. The maximum absolute atomic E-state index is 12.5. The minimum absolute atomic E-state index is 0.101. The number of aryl methyl sites for hydroxylation is 2. The van der Waals surface area contributed by atoms with Gasteiger partial charge in [-0.25, -0.2) is 0 Å². The Morgan fingerprint density at radius 1 is 1.20 bits per heavy atom. The first kappa shape index (κ1) is 17.6. The highest BCUT2D eigenvalue weighted by Crippen LogP contribution is 2.11. The largest absolute Gasteiger partial charge is 0.390 e. The third kappa shape index (κ3) is 5.14. The molecule has 1 saturated heterocycles. The molecule has 1 aliphatic rings. The highest BCUT2D eigenvalue weighted by atomic mass is 16.3. The monoisotopic (exact) mass is 342 g/mol. The lowest BCUT2D eigenvalue weighted by Gasteiger charge is -2.22. The number of carbonyl (C=O) groups excluding carboxylic acids is 1. The van der Waals surface area contributed by atoms with Gasteiger partial charge in [-0.15, -0.1) is 0 Å². The number of β-amino-alcohol motifs (C(OH)–C–C–N with tert-alkyl or cyclic N) is 1. The van der Waals surface area contributed by atoms with Gasteiger partial charge in [0.2, 0.25) is 5.91 Å². The molecular weight excluding hydrogens is 316 g/mol. The second kappa shape index (κ2) is 8.27. The van der Waals surface area contributed by atoms with Gasteiger partial charge in [0.15, 0.2) is 0 Å². The van der Waals surface area contributed by atoms with Crippen molar-refractivity contribution in [1.29, 1.82) is 0 Å². The van der Waals surface area contributed by atoms with E-state index in [4.69, 9.17) is 0 Å². The average Bonchev–Trinajstić information content (AvgIpc) is 2.93. The number of hydrogen-bond donors (Lipinski definition) is 1. The van der Waals surface area contributed by atoms with E-state index in [0.717, 1.165) is 18.7 Å². The molecule has 0 aliphatic carbocycles. The van der Waals surface area contributed by atoms with E-state index in [1.54, 1.807) is 15.8 Å². The summed E-state index contributed by atoms with van der Waals surface area (Å²) in [6.45, 7) is 3.26. The third-order valence-corrected chi connectivity index (χ3v) is 4.57. The summed E-state index contributed by atoms with van der Waals surface area (Å²) in [5, 5.41) is 14.4. The van der Waals surface area contributed by atoms with Crippen molar-refractivity contribution in [3.63, 3.8) is 0 Å². The first-order valence-corrected chi connectivity index (χ1v) is 8.80. The van der Waals surface area contributed by atoms with Crippen LogP contribution in [0.3, 0.4) is 0 Å². The fourth-order valence-corrected chi connectivity index (χ4v) is 3.28. The number of rotatable bonds is 5. The second-order valence-electron chi connectivity index (χ2n) is 6.74. The van der Waals surface area contributed by atoms with Gasteiger partial charge in [0.1, 0.15) is 0 Å². The van der Waals surface area contributed by atoms with Gasteiger partial charge in [0.25, 0.3) is 0 Å². The summed E-state index contributed by atoms with van der Waals surface area (Å²) in [5.74, 6) is 0.101. The average molecular weight is 342 g/mol. The van der Waals surface area contributed by atoms with E-state index in [-0.39, 0.29) is 5.91 Å². The van der Waals surface area contributed by atoms with Crippen molar-refractivity contribution in [1.82, 2.24) is 19.6 Å². The molecule has 1 aliphatic heterocycles. The smallest absolute Gasteiger partial charge is 0.223 e. The molecule has 1 aromatic heterocycles. The van der Waals surface area contributed by atoms with Crippen LogP contribution >= 0.6 is 0 Å². The van der Waals surface area contributed by atoms with Crippen LogP contribution in [0, 0.1) is 0 Å². The molecule has 1 aromatic carbocycles. The molecule has 0 radical (unpaired) electrons. The molecule has 1 N–H and O–H groups in total. The molecule has 1 fully saturated rings. The van der Waals surface area contributed by atoms with Gasteiger partial charge in [-0.2, -0.15) is 5.10 Å². The van der Waals surface area contributed by atoms with Crippen LogP contribution in [0.25, 0.3) is 0 Å². The van der Waals surface area contributed by atoms with Crippen LogP contribution in [0.5, 0.6) is 0 Å². The number of nitrogens with zero attached hydrogens (tertiary/aromatic N) is 4. The molecule has 3 rings (SSSR count). The number of benzene rings is 1. The van der Waals surface area contributed by atoms with Crippen molar-refractivity contribution in [2.24, 2.45) is 7.05 Å². The summed E-state index contributed by atoms with van der Waals surface area (Å²) in [7, 11) is 1.87. The Bertz CT molecular complexity index is 686.